The Kier molecular flexibility index (Phi) is 3.47. The van der Waals surface area contributed by atoms with Gasteiger partial charge in [0, 0.05) is 12.0 Å². The number of methoxy groups -OCH3 is 1. The van der Waals surface area contributed by atoms with Gasteiger partial charge in [0.15, 0.2) is 0 Å². The molecule has 1 fully saturated rings. The molecule has 1 saturated heterocycles. The second-order valence-corrected chi connectivity index (χ2v) is 5.83. The lowest BCUT2D eigenvalue weighted by Gasteiger charge is -2.26. The molecule has 1 aliphatic carbocycles. The molecule has 0 saturated carbocycles. The molecule has 0 N–H and O–H groups in total. The van der Waals surface area contributed by atoms with Crippen molar-refractivity contribution in [3.05, 3.63) is 35.6 Å². The van der Waals surface area contributed by atoms with E-state index < -0.39 is 0 Å². The molecule has 1 spiro atoms. The van der Waals surface area contributed by atoms with E-state index in [0.717, 1.165) is 42.9 Å². The summed E-state index contributed by atoms with van der Waals surface area (Å²) in [5.41, 5.74) is 2.29. The van der Waals surface area contributed by atoms with Crippen LogP contribution < -0.4 is 4.74 Å². The topological polar surface area (TPSA) is 31.0 Å². The average molecular weight is 274 g/mol. The smallest absolute Gasteiger partial charge is 0.120 e. The maximum absolute atomic E-state index is 5.80. The fraction of sp³-hybridized carbons (Fsp3) is 0.529. The molecule has 0 amide bonds. The van der Waals surface area contributed by atoms with Crippen LogP contribution in [-0.2, 0) is 9.47 Å². The first-order valence-electron chi connectivity index (χ1n) is 7.33. The normalized spacial score (nSPS) is 25.2. The molecule has 2 aliphatic rings. The van der Waals surface area contributed by atoms with Crippen LogP contribution in [0.1, 0.15) is 38.7 Å². The Morgan fingerprint density at radius 2 is 2.10 bits per heavy atom. The fourth-order valence-electron chi connectivity index (χ4n) is 3.04. The molecular formula is C17H22O3. The van der Waals surface area contributed by atoms with Gasteiger partial charge >= 0.3 is 0 Å². The quantitative estimate of drug-likeness (QED) is 0.783. The van der Waals surface area contributed by atoms with Crippen LogP contribution in [0.4, 0.5) is 0 Å². The minimum atomic E-state index is -0.0972. The van der Waals surface area contributed by atoms with Crippen molar-refractivity contribution in [2.24, 2.45) is 0 Å². The number of rotatable bonds is 4. The number of hydrogen-bond acceptors (Lipinski definition) is 3. The van der Waals surface area contributed by atoms with Crippen LogP contribution in [0.25, 0.3) is 5.57 Å². The molecule has 1 aromatic carbocycles. The fourth-order valence-corrected chi connectivity index (χ4v) is 3.04. The third-order valence-electron chi connectivity index (χ3n) is 3.95. The predicted octanol–water partition coefficient (Wildman–Crippen LogP) is 3.78. The number of allylic oxidation sites excluding steroid dienone is 1. The first-order chi connectivity index (χ1) is 9.64. The van der Waals surface area contributed by atoms with Crippen molar-refractivity contribution in [3.8, 4) is 5.75 Å². The van der Waals surface area contributed by atoms with Gasteiger partial charge in [-0.2, -0.15) is 0 Å². The maximum Gasteiger partial charge on any atom is 0.120 e. The van der Waals surface area contributed by atoms with Gasteiger partial charge in [0.25, 0.3) is 0 Å². The highest BCUT2D eigenvalue weighted by Gasteiger charge is 2.51. The van der Waals surface area contributed by atoms with Crippen molar-refractivity contribution in [3.63, 3.8) is 0 Å². The zero-order valence-electron chi connectivity index (χ0n) is 12.4. The molecule has 0 bridgehead atoms. The van der Waals surface area contributed by atoms with E-state index in [0.29, 0.717) is 0 Å². The lowest BCUT2D eigenvalue weighted by Crippen LogP contribution is -2.21. The highest BCUT2D eigenvalue weighted by Crippen LogP contribution is 2.50. The van der Waals surface area contributed by atoms with Crippen molar-refractivity contribution in [2.75, 3.05) is 13.7 Å². The Hall–Kier alpha value is -1.48. The van der Waals surface area contributed by atoms with Gasteiger partial charge in [0.1, 0.15) is 17.1 Å². The second-order valence-electron chi connectivity index (χ2n) is 5.83. The van der Waals surface area contributed by atoms with Gasteiger partial charge in [-0.25, -0.2) is 0 Å². The summed E-state index contributed by atoms with van der Waals surface area (Å²) in [5, 5.41) is 0. The van der Waals surface area contributed by atoms with Crippen molar-refractivity contribution in [2.45, 2.75) is 44.8 Å². The number of hydrogen-bond donors (Lipinski definition) is 0. The lowest BCUT2D eigenvalue weighted by atomic mass is 9.82. The van der Waals surface area contributed by atoms with Crippen LogP contribution in [0.15, 0.2) is 30.0 Å². The number of benzene rings is 1. The van der Waals surface area contributed by atoms with Crippen LogP contribution in [0, 0.1) is 0 Å². The molecule has 0 aromatic heterocycles. The van der Waals surface area contributed by atoms with E-state index >= 15 is 0 Å². The van der Waals surface area contributed by atoms with E-state index in [-0.39, 0.29) is 11.7 Å². The molecule has 1 aliphatic heterocycles. The number of epoxide rings is 1. The molecule has 1 aromatic rings. The Bertz CT molecular complexity index is 527. The Balaban J connectivity index is 1.99. The minimum absolute atomic E-state index is 0.0972. The molecule has 108 valence electrons. The molecule has 3 rings (SSSR count). The summed E-state index contributed by atoms with van der Waals surface area (Å²) in [7, 11) is 1.76. The standard InChI is InChI=1S/C17H22O3/c1-12(2)20-14-7-4-6-13(10-14)16-15(18-3)8-5-9-17(16)11-19-17/h4,6-7,10,12H,5,8-9,11H2,1-3H3/t17-/m0/s1. The predicted molar refractivity (Wildman–Crippen MR) is 78.7 cm³/mol. The molecule has 0 unspecified atom stereocenters. The van der Waals surface area contributed by atoms with E-state index in [4.69, 9.17) is 14.2 Å². The van der Waals surface area contributed by atoms with E-state index in [2.05, 4.69) is 12.1 Å². The SMILES string of the molecule is COC1=C(c2cccc(OC(C)C)c2)[C@]2(CCC1)CO2. The zero-order chi connectivity index (χ0) is 14.2. The molecule has 20 heavy (non-hydrogen) atoms. The third-order valence-corrected chi connectivity index (χ3v) is 3.95. The Labute approximate surface area is 120 Å². The van der Waals surface area contributed by atoms with E-state index in [1.807, 2.05) is 26.0 Å². The largest absolute Gasteiger partial charge is 0.501 e. The molecule has 1 heterocycles. The van der Waals surface area contributed by atoms with E-state index in [9.17, 15) is 0 Å². The number of ether oxygens (including phenoxy) is 3. The molecule has 3 heteroatoms. The first kappa shape index (κ1) is 13.5. The molecule has 0 radical (unpaired) electrons. The van der Waals surface area contributed by atoms with Gasteiger partial charge in [0.2, 0.25) is 0 Å². The van der Waals surface area contributed by atoms with Crippen molar-refractivity contribution in [1.82, 2.24) is 0 Å². The van der Waals surface area contributed by atoms with E-state index in [1.165, 1.54) is 5.57 Å². The van der Waals surface area contributed by atoms with Crippen LogP contribution in [0.5, 0.6) is 5.75 Å². The minimum Gasteiger partial charge on any atom is -0.501 e. The van der Waals surface area contributed by atoms with Crippen LogP contribution in [0.2, 0.25) is 0 Å². The maximum atomic E-state index is 5.80. The zero-order valence-corrected chi connectivity index (χ0v) is 12.4. The summed E-state index contributed by atoms with van der Waals surface area (Å²) in [6.45, 7) is 4.89. The molecule has 1 atom stereocenters. The van der Waals surface area contributed by atoms with Crippen molar-refractivity contribution in [1.29, 1.82) is 0 Å². The van der Waals surface area contributed by atoms with Gasteiger partial charge in [-0.1, -0.05) is 12.1 Å². The highest BCUT2D eigenvalue weighted by atomic mass is 16.6. The summed E-state index contributed by atoms with van der Waals surface area (Å²) in [6.07, 6.45) is 3.39. The van der Waals surface area contributed by atoms with Gasteiger partial charge in [-0.05, 0) is 44.4 Å². The molecular weight excluding hydrogens is 252 g/mol. The molecule has 3 nitrogen and oxygen atoms in total. The summed E-state index contributed by atoms with van der Waals surface area (Å²) >= 11 is 0. The highest BCUT2D eigenvalue weighted by molar-refractivity contribution is 5.77. The van der Waals surface area contributed by atoms with Crippen LogP contribution in [-0.4, -0.2) is 25.4 Å². The van der Waals surface area contributed by atoms with Gasteiger partial charge in [-0.3, -0.25) is 0 Å². The average Bonchev–Trinajstić information content (AvgIpc) is 3.18. The summed E-state index contributed by atoms with van der Waals surface area (Å²) in [4.78, 5) is 0. The van der Waals surface area contributed by atoms with Gasteiger partial charge in [-0.15, -0.1) is 0 Å². The van der Waals surface area contributed by atoms with Gasteiger partial charge < -0.3 is 14.2 Å². The first-order valence-corrected chi connectivity index (χ1v) is 7.33. The van der Waals surface area contributed by atoms with Crippen LogP contribution >= 0.6 is 0 Å². The van der Waals surface area contributed by atoms with Gasteiger partial charge in [0.05, 0.1) is 19.8 Å². The van der Waals surface area contributed by atoms with Crippen molar-refractivity contribution < 1.29 is 14.2 Å². The summed E-state index contributed by atoms with van der Waals surface area (Å²) < 4.78 is 17.2. The van der Waals surface area contributed by atoms with Crippen molar-refractivity contribution >= 4 is 5.57 Å². The monoisotopic (exact) mass is 274 g/mol. The van der Waals surface area contributed by atoms with E-state index in [1.54, 1.807) is 7.11 Å². The lowest BCUT2D eigenvalue weighted by molar-refractivity contribution is 0.241. The third kappa shape index (κ3) is 2.42. The second kappa shape index (κ2) is 5.13. The summed E-state index contributed by atoms with van der Waals surface area (Å²) in [6, 6.07) is 8.26. The summed E-state index contributed by atoms with van der Waals surface area (Å²) in [5.74, 6) is 1.97. The van der Waals surface area contributed by atoms with Crippen LogP contribution in [0.3, 0.4) is 0 Å². The Morgan fingerprint density at radius 1 is 1.30 bits per heavy atom. The Morgan fingerprint density at radius 3 is 2.75 bits per heavy atom.